The minimum Gasteiger partial charge on any atom is -0.480 e. The third-order valence-electron chi connectivity index (χ3n) is 3.15. The fraction of sp³-hybridized carbons (Fsp3) is 0.500. The Morgan fingerprint density at radius 1 is 1.50 bits per heavy atom. The van der Waals surface area contributed by atoms with E-state index in [0.717, 1.165) is 16.6 Å². The Balaban J connectivity index is 2.08. The van der Waals surface area contributed by atoms with Crippen LogP contribution in [0, 0.1) is 0 Å². The van der Waals surface area contributed by atoms with Crippen molar-refractivity contribution >= 4 is 21.8 Å². The van der Waals surface area contributed by atoms with Crippen molar-refractivity contribution in [3.8, 4) is 5.75 Å². The molecule has 18 heavy (non-hydrogen) atoms. The Bertz CT molecular complexity index is 409. The highest BCUT2D eigenvalue weighted by atomic mass is 79.9. The Hall–Kier alpha value is -1.03. The van der Waals surface area contributed by atoms with E-state index in [1.54, 1.807) is 0 Å². The summed E-state index contributed by atoms with van der Waals surface area (Å²) in [5.41, 5.74) is 1.12. The fourth-order valence-corrected chi connectivity index (χ4v) is 2.60. The van der Waals surface area contributed by atoms with Crippen LogP contribution in [0.2, 0.25) is 0 Å². The summed E-state index contributed by atoms with van der Waals surface area (Å²) >= 11 is 3.39. The molecular formula is C14H18BrNO2. The van der Waals surface area contributed by atoms with E-state index in [1.807, 2.05) is 43.0 Å². The zero-order valence-corrected chi connectivity index (χ0v) is 12.3. The van der Waals surface area contributed by atoms with Crippen LogP contribution in [0.15, 0.2) is 24.3 Å². The van der Waals surface area contributed by atoms with Gasteiger partial charge in [-0.15, -0.1) is 0 Å². The number of fused-ring (bicyclic) bond motifs is 1. The number of carbonyl (C=O) groups is 1. The smallest absolute Gasteiger partial charge is 0.264 e. The number of halogens is 1. The van der Waals surface area contributed by atoms with Crippen LogP contribution in [0.3, 0.4) is 0 Å². The van der Waals surface area contributed by atoms with Gasteiger partial charge in [-0.2, -0.15) is 0 Å². The molecule has 4 heteroatoms. The van der Waals surface area contributed by atoms with Gasteiger partial charge in [0.2, 0.25) is 0 Å². The van der Waals surface area contributed by atoms with Crippen molar-refractivity contribution < 1.29 is 9.53 Å². The lowest BCUT2D eigenvalue weighted by Gasteiger charge is -2.28. The molecule has 0 N–H and O–H groups in total. The van der Waals surface area contributed by atoms with Crippen LogP contribution in [0.4, 0.5) is 0 Å². The molecular weight excluding hydrogens is 294 g/mol. The van der Waals surface area contributed by atoms with Crippen LogP contribution in [0.5, 0.6) is 5.75 Å². The van der Waals surface area contributed by atoms with Gasteiger partial charge in [0, 0.05) is 24.3 Å². The molecule has 0 spiro atoms. The van der Waals surface area contributed by atoms with E-state index >= 15 is 0 Å². The van der Waals surface area contributed by atoms with E-state index in [0.29, 0.717) is 13.0 Å². The second kappa shape index (κ2) is 5.74. The van der Waals surface area contributed by atoms with Gasteiger partial charge < -0.3 is 9.64 Å². The number of ether oxygens (including phenoxy) is 1. The first-order chi connectivity index (χ1) is 8.63. The molecule has 0 radical (unpaired) electrons. The Morgan fingerprint density at radius 3 is 2.83 bits per heavy atom. The van der Waals surface area contributed by atoms with Gasteiger partial charge in [0.05, 0.1) is 0 Å². The number of hydrogen-bond acceptors (Lipinski definition) is 2. The van der Waals surface area contributed by atoms with Crippen molar-refractivity contribution in [3.63, 3.8) is 0 Å². The maximum Gasteiger partial charge on any atom is 0.264 e. The Labute approximate surface area is 116 Å². The predicted molar refractivity (Wildman–Crippen MR) is 75.2 cm³/mol. The number of para-hydroxylation sites is 1. The summed E-state index contributed by atoms with van der Waals surface area (Å²) in [6.45, 7) is 4.78. The summed E-state index contributed by atoms with van der Waals surface area (Å²) in [7, 11) is 0. The van der Waals surface area contributed by atoms with Crippen LogP contribution < -0.4 is 4.74 Å². The normalized spacial score (nSPS) is 17.4. The van der Waals surface area contributed by atoms with Crippen LogP contribution in [0.25, 0.3) is 0 Å². The van der Waals surface area contributed by atoms with Crippen molar-refractivity contribution in [1.82, 2.24) is 4.90 Å². The van der Waals surface area contributed by atoms with E-state index in [9.17, 15) is 4.79 Å². The van der Waals surface area contributed by atoms with Crippen molar-refractivity contribution in [2.75, 3.05) is 11.9 Å². The largest absolute Gasteiger partial charge is 0.480 e. The highest BCUT2D eigenvalue weighted by Gasteiger charge is 2.32. The average molecular weight is 312 g/mol. The third-order valence-corrected chi connectivity index (χ3v) is 3.51. The summed E-state index contributed by atoms with van der Waals surface area (Å²) < 4.78 is 5.74. The monoisotopic (exact) mass is 311 g/mol. The molecule has 0 fully saturated rings. The minimum atomic E-state index is -0.358. The summed E-state index contributed by atoms with van der Waals surface area (Å²) in [5.74, 6) is 0.930. The van der Waals surface area contributed by atoms with E-state index < -0.39 is 0 Å². The first kappa shape index (κ1) is 13.4. The molecule has 1 aromatic rings. The van der Waals surface area contributed by atoms with Crippen molar-refractivity contribution in [1.29, 1.82) is 0 Å². The van der Waals surface area contributed by atoms with Crippen LogP contribution >= 0.6 is 15.9 Å². The number of alkyl halides is 1. The second-order valence-electron chi connectivity index (χ2n) is 4.73. The molecule has 1 heterocycles. The molecule has 1 aromatic carbocycles. The van der Waals surface area contributed by atoms with Crippen molar-refractivity contribution in [2.45, 2.75) is 32.4 Å². The number of rotatable bonds is 4. The zero-order chi connectivity index (χ0) is 13.1. The van der Waals surface area contributed by atoms with Gasteiger partial charge in [-0.05, 0) is 25.5 Å². The lowest BCUT2D eigenvalue weighted by atomic mass is 10.1. The molecule has 2 rings (SSSR count). The van der Waals surface area contributed by atoms with Crippen LogP contribution in [-0.4, -0.2) is 34.8 Å². The van der Waals surface area contributed by atoms with E-state index in [2.05, 4.69) is 15.9 Å². The molecule has 1 aliphatic heterocycles. The summed E-state index contributed by atoms with van der Waals surface area (Å²) in [6.07, 6.45) is 0.324. The number of carbonyl (C=O) groups excluding carboxylic acids is 1. The SMILES string of the molecule is CC(C)N(CCBr)C(=O)C1Cc2ccccc2O1. The molecule has 0 bridgehead atoms. The van der Waals surface area contributed by atoms with E-state index in [1.165, 1.54) is 0 Å². The van der Waals surface area contributed by atoms with E-state index in [-0.39, 0.29) is 18.1 Å². The van der Waals surface area contributed by atoms with Gasteiger partial charge in [-0.1, -0.05) is 34.1 Å². The van der Waals surface area contributed by atoms with Gasteiger partial charge in [0.1, 0.15) is 5.75 Å². The lowest BCUT2D eigenvalue weighted by Crippen LogP contribution is -2.45. The van der Waals surface area contributed by atoms with Gasteiger partial charge in [0.15, 0.2) is 6.10 Å². The Morgan fingerprint density at radius 2 is 2.22 bits per heavy atom. The minimum absolute atomic E-state index is 0.0839. The molecule has 1 amide bonds. The van der Waals surface area contributed by atoms with Gasteiger partial charge in [-0.25, -0.2) is 0 Å². The summed E-state index contributed by atoms with van der Waals surface area (Å²) in [6, 6.07) is 8.06. The van der Waals surface area contributed by atoms with Gasteiger partial charge in [0.25, 0.3) is 5.91 Å². The maximum atomic E-state index is 12.4. The topological polar surface area (TPSA) is 29.5 Å². The molecule has 0 aromatic heterocycles. The average Bonchev–Trinajstić information content (AvgIpc) is 2.78. The van der Waals surface area contributed by atoms with Crippen LogP contribution in [-0.2, 0) is 11.2 Å². The maximum absolute atomic E-state index is 12.4. The standard InChI is InChI=1S/C14H18BrNO2/c1-10(2)16(8-7-15)14(17)13-9-11-5-3-4-6-12(11)18-13/h3-6,10,13H,7-9H2,1-2H3. The molecule has 98 valence electrons. The fourth-order valence-electron chi connectivity index (χ4n) is 2.22. The number of nitrogens with zero attached hydrogens (tertiary/aromatic N) is 1. The highest BCUT2D eigenvalue weighted by molar-refractivity contribution is 9.09. The molecule has 1 unspecified atom stereocenters. The van der Waals surface area contributed by atoms with Gasteiger partial charge in [-0.3, -0.25) is 4.79 Å². The van der Waals surface area contributed by atoms with Crippen molar-refractivity contribution in [2.24, 2.45) is 0 Å². The van der Waals surface area contributed by atoms with E-state index in [4.69, 9.17) is 4.74 Å². The quantitative estimate of drug-likeness (QED) is 0.800. The number of benzene rings is 1. The molecule has 3 nitrogen and oxygen atoms in total. The lowest BCUT2D eigenvalue weighted by molar-refractivity contribution is -0.139. The Kier molecular flexibility index (Phi) is 4.27. The van der Waals surface area contributed by atoms with Crippen molar-refractivity contribution in [3.05, 3.63) is 29.8 Å². The second-order valence-corrected chi connectivity index (χ2v) is 5.53. The van der Waals surface area contributed by atoms with Gasteiger partial charge >= 0.3 is 0 Å². The first-order valence-corrected chi connectivity index (χ1v) is 7.36. The number of amides is 1. The summed E-state index contributed by atoms with van der Waals surface area (Å²) in [4.78, 5) is 14.3. The molecule has 1 atom stereocenters. The number of hydrogen-bond donors (Lipinski definition) is 0. The molecule has 0 saturated heterocycles. The van der Waals surface area contributed by atoms with Crippen LogP contribution in [0.1, 0.15) is 19.4 Å². The predicted octanol–water partition coefficient (Wildman–Crippen LogP) is 2.62. The third kappa shape index (κ3) is 2.69. The first-order valence-electron chi connectivity index (χ1n) is 6.24. The summed E-state index contributed by atoms with van der Waals surface area (Å²) in [5, 5.41) is 0.788. The molecule has 0 saturated carbocycles. The highest BCUT2D eigenvalue weighted by Crippen LogP contribution is 2.29. The molecule has 1 aliphatic rings. The molecule has 0 aliphatic carbocycles. The zero-order valence-electron chi connectivity index (χ0n) is 10.7.